The van der Waals surface area contributed by atoms with Crippen LogP contribution in [0.25, 0.3) is 55.0 Å². The van der Waals surface area contributed by atoms with Crippen molar-refractivity contribution < 1.29 is 9.18 Å². The van der Waals surface area contributed by atoms with Crippen LogP contribution in [0.1, 0.15) is 25.7 Å². The highest BCUT2D eigenvalue weighted by atomic mass is 32.1. The minimum absolute atomic E-state index is 0.0603. The van der Waals surface area contributed by atoms with E-state index in [0.29, 0.717) is 17.0 Å². The van der Waals surface area contributed by atoms with Gasteiger partial charge in [-0.2, -0.15) is 9.49 Å². The predicted octanol–water partition coefficient (Wildman–Crippen LogP) is 6.56. The molecule has 188 valence electrons. The first-order chi connectivity index (χ1) is 18.6. The van der Waals surface area contributed by atoms with E-state index < -0.39 is 0 Å². The van der Waals surface area contributed by atoms with Gasteiger partial charge in [0.05, 0.1) is 28.1 Å². The Morgan fingerprint density at radius 2 is 1.84 bits per heavy atom. The van der Waals surface area contributed by atoms with Crippen molar-refractivity contribution >= 4 is 44.9 Å². The third-order valence-electron chi connectivity index (χ3n) is 7.09. The Kier molecular flexibility index (Phi) is 5.47. The first-order valence-electron chi connectivity index (χ1n) is 12.5. The summed E-state index contributed by atoms with van der Waals surface area (Å²) in [7, 11) is 0. The van der Waals surface area contributed by atoms with E-state index in [2.05, 4.69) is 35.5 Å². The van der Waals surface area contributed by atoms with Gasteiger partial charge in [0, 0.05) is 51.9 Å². The largest absolute Gasteiger partial charge is 0.353 e. The second kappa shape index (κ2) is 9.14. The van der Waals surface area contributed by atoms with Crippen LogP contribution in [-0.2, 0) is 4.79 Å². The van der Waals surface area contributed by atoms with Gasteiger partial charge in [0.1, 0.15) is 5.69 Å². The van der Waals surface area contributed by atoms with Crippen molar-refractivity contribution in [1.82, 2.24) is 30.1 Å². The lowest BCUT2D eigenvalue weighted by atomic mass is 10.1. The van der Waals surface area contributed by atoms with Crippen LogP contribution in [0.2, 0.25) is 0 Å². The van der Waals surface area contributed by atoms with Gasteiger partial charge >= 0.3 is 0 Å². The molecule has 1 saturated carbocycles. The Bertz CT molecular complexity index is 1810. The molecule has 0 radical (unpaired) electrons. The molecule has 6 aromatic heterocycles. The third-order valence-corrected chi connectivity index (χ3v) is 7.97. The van der Waals surface area contributed by atoms with Crippen LogP contribution in [0.3, 0.4) is 0 Å². The molecule has 6 heterocycles. The van der Waals surface area contributed by atoms with Gasteiger partial charge in [-0.1, -0.05) is 12.8 Å². The minimum atomic E-state index is -0.247. The molecule has 1 fully saturated rings. The third kappa shape index (κ3) is 4.03. The maximum absolute atomic E-state index is 13.7. The molecule has 7 rings (SSSR count). The normalized spacial score (nSPS) is 14.0. The fraction of sp³-hybridized carbons (Fsp3) is 0.179. The maximum Gasteiger partial charge on any atom is 0.227 e. The summed E-state index contributed by atoms with van der Waals surface area (Å²) in [5.74, 6) is 0.140. The first kappa shape index (κ1) is 22.7. The van der Waals surface area contributed by atoms with Gasteiger partial charge < -0.3 is 10.3 Å². The summed E-state index contributed by atoms with van der Waals surface area (Å²) in [5, 5.41) is 12.1. The molecule has 6 aromatic rings. The summed E-state index contributed by atoms with van der Waals surface area (Å²) in [6.07, 6.45) is 11.0. The van der Waals surface area contributed by atoms with Crippen LogP contribution >= 0.6 is 11.3 Å². The van der Waals surface area contributed by atoms with Crippen molar-refractivity contribution in [3.05, 3.63) is 66.3 Å². The standard InChI is InChI=1S/C28H22FN7OS/c29-24-6-5-23(38-24)26-19-11-22(34-21(19)7-8-31-26)25-20-10-17(13-32-27(20)36-35-25)16-9-18(14-30-12-16)33-28(37)15-3-1-2-4-15/h5-15,34H,1-4H2,(H,33,37)(H,32,35,36). The lowest BCUT2D eigenvalue weighted by Crippen LogP contribution is -2.20. The van der Waals surface area contributed by atoms with Crippen molar-refractivity contribution in [3.8, 4) is 33.1 Å². The van der Waals surface area contributed by atoms with E-state index in [1.807, 2.05) is 24.3 Å². The molecular formula is C28H22FN7OS. The first-order valence-corrected chi connectivity index (χ1v) is 13.3. The number of fused-ring (bicyclic) bond motifs is 2. The second-order valence-corrected chi connectivity index (χ2v) is 10.6. The molecule has 1 aliphatic carbocycles. The van der Waals surface area contributed by atoms with Gasteiger partial charge in [-0.15, -0.1) is 11.3 Å². The van der Waals surface area contributed by atoms with Crippen molar-refractivity contribution in [1.29, 1.82) is 0 Å². The molecule has 0 saturated heterocycles. The molecule has 0 aromatic carbocycles. The van der Waals surface area contributed by atoms with E-state index in [1.54, 1.807) is 30.9 Å². The van der Waals surface area contributed by atoms with E-state index in [1.165, 1.54) is 6.07 Å². The highest BCUT2D eigenvalue weighted by Crippen LogP contribution is 2.36. The molecule has 0 atom stereocenters. The van der Waals surface area contributed by atoms with Gasteiger partial charge in [-0.05, 0) is 49.2 Å². The fourth-order valence-electron chi connectivity index (χ4n) is 5.18. The maximum atomic E-state index is 13.7. The summed E-state index contributed by atoms with van der Waals surface area (Å²) in [4.78, 5) is 30.2. The van der Waals surface area contributed by atoms with Crippen molar-refractivity contribution in [2.24, 2.45) is 5.92 Å². The second-order valence-electron chi connectivity index (χ2n) is 9.53. The number of thiophene rings is 1. The molecule has 10 heteroatoms. The Morgan fingerprint density at radius 1 is 0.974 bits per heavy atom. The van der Waals surface area contributed by atoms with Crippen LogP contribution in [0, 0.1) is 11.0 Å². The number of amides is 1. The number of nitrogens with one attached hydrogen (secondary N) is 3. The van der Waals surface area contributed by atoms with E-state index >= 15 is 0 Å². The number of hydrogen-bond donors (Lipinski definition) is 3. The van der Waals surface area contributed by atoms with E-state index in [9.17, 15) is 9.18 Å². The number of hydrogen-bond acceptors (Lipinski definition) is 6. The van der Waals surface area contributed by atoms with Crippen LogP contribution in [-0.4, -0.2) is 36.0 Å². The number of aromatic amines is 2. The molecule has 0 spiro atoms. The molecule has 0 aliphatic heterocycles. The van der Waals surface area contributed by atoms with Crippen LogP contribution in [0.4, 0.5) is 10.1 Å². The molecule has 1 aliphatic rings. The monoisotopic (exact) mass is 523 g/mol. The molecule has 0 unspecified atom stereocenters. The Labute approximate surface area is 220 Å². The number of carbonyl (C=O) groups is 1. The molecular weight excluding hydrogens is 501 g/mol. The van der Waals surface area contributed by atoms with Crippen LogP contribution in [0.5, 0.6) is 0 Å². The van der Waals surface area contributed by atoms with Crippen LogP contribution in [0.15, 0.2) is 61.2 Å². The number of carbonyl (C=O) groups excluding carboxylic acids is 1. The van der Waals surface area contributed by atoms with E-state index in [0.717, 1.165) is 80.7 Å². The van der Waals surface area contributed by atoms with Crippen molar-refractivity contribution in [2.75, 3.05) is 5.32 Å². The quantitative estimate of drug-likeness (QED) is 0.237. The van der Waals surface area contributed by atoms with Gasteiger partial charge in [0.25, 0.3) is 0 Å². The summed E-state index contributed by atoms with van der Waals surface area (Å²) >= 11 is 1.07. The Morgan fingerprint density at radius 3 is 2.68 bits per heavy atom. The Balaban J connectivity index is 1.24. The summed E-state index contributed by atoms with van der Waals surface area (Å²) in [6.45, 7) is 0. The number of pyridine rings is 3. The van der Waals surface area contributed by atoms with E-state index in [-0.39, 0.29) is 17.0 Å². The van der Waals surface area contributed by atoms with Gasteiger partial charge in [0.2, 0.25) is 5.91 Å². The summed E-state index contributed by atoms with van der Waals surface area (Å²) < 4.78 is 13.7. The lowest BCUT2D eigenvalue weighted by molar-refractivity contribution is -0.119. The lowest BCUT2D eigenvalue weighted by Gasteiger charge is -2.11. The number of rotatable bonds is 5. The molecule has 8 nitrogen and oxygen atoms in total. The summed E-state index contributed by atoms with van der Waals surface area (Å²) in [6, 6.07) is 11.0. The number of H-pyrrole nitrogens is 2. The average molecular weight is 524 g/mol. The minimum Gasteiger partial charge on any atom is -0.353 e. The zero-order valence-corrected chi connectivity index (χ0v) is 21.0. The topological polar surface area (TPSA) is 112 Å². The van der Waals surface area contributed by atoms with Crippen molar-refractivity contribution in [3.63, 3.8) is 0 Å². The molecule has 3 N–H and O–H groups in total. The number of halogens is 1. The highest BCUT2D eigenvalue weighted by molar-refractivity contribution is 7.13. The van der Waals surface area contributed by atoms with E-state index in [4.69, 9.17) is 0 Å². The van der Waals surface area contributed by atoms with Crippen molar-refractivity contribution in [2.45, 2.75) is 25.7 Å². The van der Waals surface area contributed by atoms with Gasteiger partial charge in [-0.3, -0.25) is 19.9 Å². The highest BCUT2D eigenvalue weighted by Gasteiger charge is 2.23. The Hall–Kier alpha value is -4.44. The number of anilines is 1. The molecule has 0 bridgehead atoms. The van der Waals surface area contributed by atoms with Gasteiger partial charge in [0.15, 0.2) is 10.8 Å². The summed E-state index contributed by atoms with van der Waals surface area (Å²) in [5.41, 5.74) is 6.15. The predicted molar refractivity (Wildman–Crippen MR) is 146 cm³/mol. The SMILES string of the molecule is O=C(Nc1cncc(-c2cnc3[nH]nc(-c4cc5c(-c6ccc(F)s6)nccc5[nH]4)c3c2)c1)C1CCCC1. The van der Waals surface area contributed by atoms with Gasteiger partial charge in [-0.25, -0.2) is 4.98 Å². The zero-order chi connectivity index (χ0) is 25.6. The fourth-order valence-corrected chi connectivity index (χ4v) is 5.93. The smallest absolute Gasteiger partial charge is 0.227 e. The number of aromatic nitrogens is 6. The number of nitrogens with zero attached hydrogens (tertiary/aromatic N) is 4. The zero-order valence-electron chi connectivity index (χ0n) is 20.2. The average Bonchev–Trinajstić information content (AvgIpc) is 3.74. The molecule has 38 heavy (non-hydrogen) atoms. The molecule has 1 amide bonds. The van der Waals surface area contributed by atoms with Crippen LogP contribution < -0.4 is 5.32 Å².